The summed E-state index contributed by atoms with van der Waals surface area (Å²) in [6, 6.07) is 3.75. The first kappa shape index (κ1) is 16.1. The van der Waals surface area contributed by atoms with E-state index in [1.54, 1.807) is 0 Å². The molecule has 0 spiro atoms. The number of halogens is 2. The smallest absolute Gasteiger partial charge is 0.126 e. The van der Waals surface area contributed by atoms with Gasteiger partial charge in [0.05, 0.1) is 0 Å². The van der Waals surface area contributed by atoms with Crippen LogP contribution < -0.4 is 5.32 Å². The minimum absolute atomic E-state index is 0.000787. The van der Waals surface area contributed by atoms with Crippen molar-refractivity contribution in [1.29, 1.82) is 0 Å². The predicted octanol–water partition coefficient (Wildman–Crippen LogP) is 3.35. The van der Waals surface area contributed by atoms with Crippen LogP contribution >= 0.6 is 0 Å². The third-order valence-corrected chi connectivity index (χ3v) is 3.27. The summed E-state index contributed by atoms with van der Waals surface area (Å²) in [5, 5.41) is 3.36. The Morgan fingerprint density at radius 1 is 1.16 bits per heavy atom. The average molecular weight is 270 g/mol. The van der Waals surface area contributed by atoms with Crippen LogP contribution in [0.15, 0.2) is 18.2 Å². The zero-order valence-corrected chi connectivity index (χ0v) is 12.0. The van der Waals surface area contributed by atoms with Crippen LogP contribution in [0.2, 0.25) is 0 Å². The van der Waals surface area contributed by atoms with Gasteiger partial charge in [-0.05, 0) is 57.2 Å². The van der Waals surface area contributed by atoms with Crippen molar-refractivity contribution in [2.45, 2.75) is 32.7 Å². The van der Waals surface area contributed by atoms with Gasteiger partial charge < -0.3 is 10.2 Å². The highest BCUT2D eigenvalue weighted by Crippen LogP contribution is 2.19. The fourth-order valence-electron chi connectivity index (χ4n) is 1.99. The number of nitrogens with zero attached hydrogens (tertiary/aromatic N) is 1. The summed E-state index contributed by atoms with van der Waals surface area (Å²) in [6.07, 6.45) is 1.84. The highest BCUT2D eigenvalue weighted by atomic mass is 19.1. The van der Waals surface area contributed by atoms with E-state index in [9.17, 15) is 8.78 Å². The van der Waals surface area contributed by atoms with Gasteiger partial charge in [-0.2, -0.15) is 0 Å². The van der Waals surface area contributed by atoms with Crippen molar-refractivity contribution in [3.63, 3.8) is 0 Å². The van der Waals surface area contributed by atoms with E-state index in [-0.39, 0.29) is 6.04 Å². The molecule has 1 aromatic carbocycles. The van der Waals surface area contributed by atoms with Crippen molar-refractivity contribution in [2.75, 3.05) is 26.7 Å². The lowest BCUT2D eigenvalue weighted by atomic mass is 10.0. The second kappa shape index (κ2) is 8.23. The molecule has 0 aliphatic rings. The Kier molecular flexibility index (Phi) is 6.95. The molecule has 0 radical (unpaired) electrons. The third kappa shape index (κ3) is 5.66. The third-order valence-electron chi connectivity index (χ3n) is 3.27. The predicted molar refractivity (Wildman–Crippen MR) is 75.2 cm³/mol. The van der Waals surface area contributed by atoms with Gasteiger partial charge in [0, 0.05) is 12.1 Å². The van der Waals surface area contributed by atoms with Gasteiger partial charge in [-0.1, -0.05) is 13.8 Å². The fraction of sp³-hybridized carbons (Fsp3) is 0.600. The number of hydrogen-bond acceptors (Lipinski definition) is 2. The molecule has 0 saturated heterocycles. The summed E-state index contributed by atoms with van der Waals surface area (Å²) in [6.45, 7) is 6.89. The van der Waals surface area contributed by atoms with Crippen molar-refractivity contribution in [3.8, 4) is 0 Å². The summed E-state index contributed by atoms with van der Waals surface area (Å²) >= 11 is 0. The normalized spacial score (nSPS) is 12.9. The Balaban J connectivity index is 2.76. The number of hydrogen-bond donors (Lipinski definition) is 1. The van der Waals surface area contributed by atoms with Gasteiger partial charge in [0.1, 0.15) is 11.6 Å². The minimum Gasteiger partial charge on any atom is -0.310 e. The molecule has 0 bridgehead atoms. The van der Waals surface area contributed by atoms with Crippen molar-refractivity contribution in [3.05, 3.63) is 35.4 Å². The molecule has 1 atom stereocenters. The topological polar surface area (TPSA) is 15.3 Å². The molecule has 0 aliphatic carbocycles. The molecule has 0 heterocycles. The quantitative estimate of drug-likeness (QED) is 0.779. The van der Waals surface area contributed by atoms with E-state index in [2.05, 4.69) is 24.1 Å². The molecule has 0 fully saturated rings. The van der Waals surface area contributed by atoms with Crippen LogP contribution in [0, 0.1) is 11.6 Å². The minimum atomic E-state index is -0.512. The summed E-state index contributed by atoms with van der Waals surface area (Å²) in [7, 11) is 2.04. The van der Waals surface area contributed by atoms with Crippen LogP contribution in [0.4, 0.5) is 8.78 Å². The van der Waals surface area contributed by atoms with Gasteiger partial charge in [-0.25, -0.2) is 8.78 Å². The highest BCUT2D eigenvalue weighted by Gasteiger charge is 2.13. The van der Waals surface area contributed by atoms with Crippen LogP contribution in [-0.4, -0.2) is 31.6 Å². The Bertz CT molecular complexity index is 362. The van der Waals surface area contributed by atoms with Gasteiger partial charge in [0.15, 0.2) is 0 Å². The molecule has 0 aromatic heterocycles. The molecule has 2 nitrogen and oxygen atoms in total. The first-order valence-corrected chi connectivity index (χ1v) is 6.94. The maximum atomic E-state index is 13.3. The molecule has 0 saturated carbocycles. The molecule has 1 unspecified atom stereocenters. The van der Waals surface area contributed by atoms with Crippen molar-refractivity contribution < 1.29 is 8.78 Å². The maximum Gasteiger partial charge on any atom is 0.126 e. The van der Waals surface area contributed by atoms with Crippen molar-refractivity contribution in [2.24, 2.45) is 0 Å². The van der Waals surface area contributed by atoms with Crippen molar-refractivity contribution >= 4 is 0 Å². The Morgan fingerprint density at radius 2 is 1.79 bits per heavy atom. The van der Waals surface area contributed by atoms with Gasteiger partial charge >= 0.3 is 0 Å². The molecular weight excluding hydrogens is 246 g/mol. The standard InChI is InChI=1S/C15H24F2N2/c1-4-7-18-15(6-8-19(3)5-2)12-9-13(16)11-14(17)10-12/h9-11,15,18H,4-8H2,1-3H3. The molecule has 0 aliphatic heterocycles. The second-order valence-corrected chi connectivity index (χ2v) is 4.89. The molecule has 19 heavy (non-hydrogen) atoms. The number of benzene rings is 1. The van der Waals surface area contributed by atoms with E-state index in [0.29, 0.717) is 5.56 Å². The number of nitrogens with one attached hydrogen (secondary N) is 1. The largest absolute Gasteiger partial charge is 0.310 e. The lowest BCUT2D eigenvalue weighted by Crippen LogP contribution is -2.28. The molecule has 108 valence electrons. The van der Waals surface area contributed by atoms with E-state index in [1.807, 2.05) is 7.05 Å². The van der Waals surface area contributed by atoms with Crippen LogP contribution in [0.5, 0.6) is 0 Å². The van der Waals surface area contributed by atoms with Crippen LogP contribution in [0.25, 0.3) is 0 Å². The van der Waals surface area contributed by atoms with Crippen LogP contribution in [-0.2, 0) is 0 Å². The molecular formula is C15H24F2N2. The fourth-order valence-corrected chi connectivity index (χ4v) is 1.99. The van der Waals surface area contributed by atoms with E-state index in [1.165, 1.54) is 12.1 Å². The molecule has 1 N–H and O–H groups in total. The highest BCUT2D eigenvalue weighted by molar-refractivity contribution is 5.21. The first-order valence-electron chi connectivity index (χ1n) is 6.94. The van der Waals surface area contributed by atoms with Gasteiger partial charge in [0.2, 0.25) is 0 Å². The van der Waals surface area contributed by atoms with Gasteiger partial charge in [-0.15, -0.1) is 0 Å². The number of rotatable bonds is 8. The van der Waals surface area contributed by atoms with Crippen LogP contribution in [0.1, 0.15) is 38.3 Å². The van der Waals surface area contributed by atoms with E-state index < -0.39 is 11.6 Å². The van der Waals surface area contributed by atoms with Crippen LogP contribution in [0.3, 0.4) is 0 Å². The lowest BCUT2D eigenvalue weighted by Gasteiger charge is -2.22. The lowest BCUT2D eigenvalue weighted by molar-refractivity contribution is 0.321. The Labute approximate surface area is 114 Å². The van der Waals surface area contributed by atoms with Gasteiger partial charge in [-0.3, -0.25) is 0 Å². The van der Waals surface area contributed by atoms with E-state index >= 15 is 0 Å². The summed E-state index contributed by atoms with van der Waals surface area (Å²) in [4.78, 5) is 2.19. The van der Waals surface area contributed by atoms with Crippen molar-refractivity contribution in [1.82, 2.24) is 10.2 Å². The first-order chi connectivity index (χ1) is 9.06. The molecule has 0 amide bonds. The van der Waals surface area contributed by atoms with E-state index in [0.717, 1.165) is 38.5 Å². The summed E-state index contributed by atoms with van der Waals surface area (Å²) in [5.74, 6) is -1.02. The molecule has 4 heteroatoms. The molecule has 1 aromatic rings. The SMILES string of the molecule is CCCNC(CCN(C)CC)c1cc(F)cc(F)c1. The zero-order chi connectivity index (χ0) is 14.3. The Hall–Kier alpha value is -1.00. The Morgan fingerprint density at radius 3 is 2.32 bits per heavy atom. The maximum absolute atomic E-state index is 13.3. The van der Waals surface area contributed by atoms with E-state index in [4.69, 9.17) is 0 Å². The monoisotopic (exact) mass is 270 g/mol. The zero-order valence-electron chi connectivity index (χ0n) is 12.0. The summed E-state index contributed by atoms with van der Waals surface area (Å²) < 4.78 is 26.6. The van der Waals surface area contributed by atoms with Gasteiger partial charge in [0.25, 0.3) is 0 Å². The summed E-state index contributed by atoms with van der Waals surface area (Å²) in [5.41, 5.74) is 0.690. The second-order valence-electron chi connectivity index (χ2n) is 4.89. The molecule has 1 rings (SSSR count). The average Bonchev–Trinajstić information content (AvgIpc) is 2.37.